The largest absolute Gasteiger partial charge is 0.493 e. The second kappa shape index (κ2) is 8.82. The van der Waals surface area contributed by atoms with Crippen LogP contribution in [0, 0.1) is 0 Å². The first-order valence-electron chi connectivity index (χ1n) is 7.29. The highest BCUT2D eigenvalue weighted by Gasteiger charge is 2.06. The summed E-state index contributed by atoms with van der Waals surface area (Å²) in [5.41, 5.74) is 1.21. The maximum Gasteiger partial charge on any atom is 0.161 e. The summed E-state index contributed by atoms with van der Waals surface area (Å²) < 4.78 is 10.9. The van der Waals surface area contributed by atoms with E-state index in [2.05, 4.69) is 37.2 Å². The second-order valence-electron chi connectivity index (χ2n) is 5.17. The van der Waals surface area contributed by atoms with Crippen LogP contribution in [0.4, 0.5) is 0 Å². The van der Waals surface area contributed by atoms with Gasteiger partial charge in [0.1, 0.15) is 0 Å². The van der Waals surface area contributed by atoms with Crippen LogP contribution in [-0.2, 0) is 6.54 Å². The first-order valence-corrected chi connectivity index (χ1v) is 7.29. The number of rotatable bonds is 9. The van der Waals surface area contributed by atoms with E-state index in [0.717, 1.165) is 31.1 Å². The van der Waals surface area contributed by atoms with Crippen LogP contribution < -0.4 is 14.8 Å². The minimum absolute atomic E-state index is 0.586. The molecule has 0 atom stereocenters. The Morgan fingerprint density at radius 2 is 2.00 bits per heavy atom. The molecule has 4 nitrogen and oxygen atoms in total. The summed E-state index contributed by atoms with van der Waals surface area (Å²) >= 11 is 0. The number of likely N-dealkylation sites (N-methyl/N-ethyl adjacent to an activating group) is 1. The number of methoxy groups -OCH3 is 1. The molecule has 1 aromatic carbocycles. The van der Waals surface area contributed by atoms with Crippen molar-refractivity contribution in [3.8, 4) is 11.5 Å². The van der Waals surface area contributed by atoms with Crippen LogP contribution in [0.15, 0.2) is 18.2 Å². The van der Waals surface area contributed by atoms with E-state index < -0.39 is 0 Å². The molecule has 0 saturated carbocycles. The molecule has 0 fully saturated rings. The monoisotopic (exact) mass is 280 g/mol. The van der Waals surface area contributed by atoms with Crippen molar-refractivity contribution in [1.82, 2.24) is 10.2 Å². The van der Waals surface area contributed by atoms with Crippen molar-refractivity contribution in [1.29, 1.82) is 0 Å². The standard InChI is InChI=1S/C16H28N2O2/c1-6-20-16-11-14(7-8-15(16)19-5)12-17-9-10-18(4)13(2)3/h7-8,11,13,17H,6,9-10,12H2,1-5H3. The molecule has 0 aliphatic rings. The Labute approximate surface area is 123 Å². The van der Waals surface area contributed by atoms with E-state index >= 15 is 0 Å². The lowest BCUT2D eigenvalue weighted by Gasteiger charge is -2.21. The third-order valence-corrected chi connectivity index (χ3v) is 3.38. The van der Waals surface area contributed by atoms with Crippen molar-refractivity contribution in [2.75, 3.05) is 33.9 Å². The highest BCUT2D eigenvalue weighted by atomic mass is 16.5. The Hall–Kier alpha value is -1.26. The van der Waals surface area contributed by atoms with Crippen LogP contribution in [0.1, 0.15) is 26.3 Å². The number of nitrogens with zero attached hydrogens (tertiary/aromatic N) is 1. The molecular weight excluding hydrogens is 252 g/mol. The van der Waals surface area contributed by atoms with Gasteiger partial charge < -0.3 is 19.7 Å². The van der Waals surface area contributed by atoms with Gasteiger partial charge in [0.25, 0.3) is 0 Å². The average molecular weight is 280 g/mol. The molecule has 0 spiro atoms. The smallest absolute Gasteiger partial charge is 0.161 e. The third kappa shape index (κ3) is 5.39. The van der Waals surface area contributed by atoms with Gasteiger partial charge in [0.15, 0.2) is 11.5 Å². The van der Waals surface area contributed by atoms with Crippen molar-refractivity contribution in [2.24, 2.45) is 0 Å². The Morgan fingerprint density at radius 1 is 1.25 bits per heavy atom. The first kappa shape index (κ1) is 16.8. The van der Waals surface area contributed by atoms with Gasteiger partial charge in [-0.2, -0.15) is 0 Å². The summed E-state index contributed by atoms with van der Waals surface area (Å²) in [6.45, 7) is 9.90. The van der Waals surface area contributed by atoms with Crippen LogP contribution >= 0.6 is 0 Å². The van der Waals surface area contributed by atoms with Crippen LogP contribution in [0.2, 0.25) is 0 Å². The summed E-state index contributed by atoms with van der Waals surface area (Å²) in [6, 6.07) is 6.66. The normalized spacial score (nSPS) is 11.2. The number of hydrogen-bond acceptors (Lipinski definition) is 4. The van der Waals surface area contributed by atoms with Crippen LogP contribution in [0.5, 0.6) is 11.5 Å². The van der Waals surface area contributed by atoms with Crippen molar-refractivity contribution in [3.05, 3.63) is 23.8 Å². The molecule has 0 bridgehead atoms. The lowest BCUT2D eigenvalue weighted by molar-refractivity contribution is 0.273. The van der Waals surface area contributed by atoms with Crippen molar-refractivity contribution in [3.63, 3.8) is 0 Å². The zero-order valence-electron chi connectivity index (χ0n) is 13.4. The summed E-state index contributed by atoms with van der Waals surface area (Å²) in [6.07, 6.45) is 0. The molecule has 0 heterocycles. The molecule has 0 aromatic heterocycles. The summed E-state index contributed by atoms with van der Waals surface area (Å²) in [5, 5.41) is 3.46. The minimum atomic E-state index is 0.586. The summed E-state index contributed by atoms with van der Waals surface area (Å²) in [7, 11) is 3.81. The maximum atomic E-state index is 5.58. The highest BCUT2D eigenvalue weighted by Crippen LogP contribution is 2.27. The molecule has 4 heteroatoms. The number of hydrogen-bond donors (Lipinski definition) is 1. The third-order valence-electron chi connectivity index (χ3n) is 3.38. The number of ether oxygens (including phenoxy) is 2. The lowest BCUT2D eigenvalue weighted by Crippen LogP contribution is -2.33. The lowest BCUT2D eigenvalue weighted by atomic mass is 10.2. The van der Waals surface area contributed by atoms with E-state index in [0.29, 0.717) is 12.6 Å². The van der Waals surface area contributed by atoms with E-state index in [4.69, 9.17) is 9.47 Å². The fraction of sp³-hybridized carbons (Fsp3) is 0.625. The molecule has 1 aromatic rings. The number of benzene rings is 1. The summed E-state index contributed by atoms with van der Waals surface area (Å²) in [4.78, 5) is 2.33. The zero-order valence-corrected chi connectivity index (χ0v) is 13.4. The molecule has 0 aliphatic heterocycles. The van der Waals surface area contributed by atoms with Gasteiger partial charge in [0.2, 0.25) is 0 Å². The molecule has 0 unspecified atom stereocenters. The SMILES string of the molecule is CCOc1cc(CNCCN(C)C(C)C)ccc1OC. The molecule has 0 aliphatic carbocycles. The molecule has 114 valence electrons. The summed E-state index contributed by atoms with van der Waals surface area (Å²) in [5.74, 6) is 1.60. The van der Waals surface area contributed by atoms with Gasteiger partial charge in [-0.1, -0.05) is 6.07 Å². The van der Waals surface area contributed by atoms with Crippen LogP contribution in [0.25, 0.3) is 0 Å². The van der Waals surface area contributed by atoms with Crippen molar-refractivity contribution in [2.45, 2.75) is 33.4 Å². The first-order chi connectivity index (χ1) is 9.58. The van der Waals surface area contributed by atoms with Gasteiger partial charge >= 0.3 is 0 Å². The Morgan fingerprint density at radius 3 is 2.60 bits per heavy atom. The van der Waals surface area contributed by atoms with Crippen molar-refractivity contribution < 1.29 is 9.47 Å². The van der Waals surface area contributed by atoms with E-state index in [1.54, 1.807) is 7.11 Å². The second-order valence-corrected chi connectivity index (χ2v) is 5.17. The van der Waals surface area contributed by atoms with E-state index in [1.807, 2.05) is 19.1 Å². The quantitative estimate of drug-likeness (QED) is 0.705. The molecule has 1 rings (SSSR count). The Balaban J connectivity index is 2.46. The van der Waals surface area contributed by atoms with Gasteiger partial charge in [-0.3, -0.25) is 0 Å². The van der Waals surface area contributed by atoms with Gasteiger partial charge in [0, 0.05) is 25.7 Å². The minimum Gasteiger partial charge on any atom is -0.493 e. The van der Waals surface area contributed by atoms with Crippen LogP contribution in [-0.4, -0.2) is 44.8 Å². The Bertz CT molecular complexity index is 394. The zero-order chi connectivity index (χ0) is 15.0. The molecule has 0 radical (unpaired) electrons. The molecular formula is C16H28N2O2. The van der Waals surface area contributed by atoms with Gasteiger partial charge in [0.05, 0.1) is 13.7 Å². The van der Waals surface area contributed by atoms with Gasteiger partial charge in [-0.25, -0.2) is 0 Å². The number of nitrogens with one attached hydrogen (secondary N) is 1. The van der Waals surface area contributed by atoms with E-state index in [1.165, 1.54) is 5.56 Å². The molecule has 1 N–H and O–H groups in total. The predicted molar refractivity (Wildman–Crippen MR) is 83.6 cm³/mol. The fourth-order valence-corrected chi connectivity index (χ4v) is 1.85. The average Bonchev–Trinajstić information content (AvgIpc) is 2.44. The van der Waals surface area contributed by atoms with Gasteiger partial charge in [-0.05, 0) is 45.5 Å². The predicted octanol–water partition coefficient (Wildman–Crippen LogP) is 2.52. The molecule has 0 amide bonds. The van der Waals surface area contributed by atoms with Gasteiger partial charge in [-0.15, -0.1) is 0 Å². The Kier molecular flexibility index (Phi) is 7.41. The van der Waals surface area contributed by atoms with Crippen molar-refractivity contribution >= 4 is 0 Å². The maximum absolute atomic E-state index is 5.58. The highest BCUT2D eigenvalue weighted by molar-refractivity contribution is 5.42. The molecule has 20 heavy (non-hydrogen) atoms. The molecule has 0 saturated heterocycles. The van der Waals surface area contributed by atoms with E-state index in [-0.39, 0.29) is 0 Å². The van der Waals surface area contributed by atoms with E-state index in [9.17, 15) is 0 Å². The fourth-order valence-electron chi connectivity index (χ4n) is 1.85. The topological polar surface area (TPSA) is 33.7 Å². The van der Waals surface area contributed by atoms with Crippen LogP contribution in [0.3, 0.4) is 0 Å².